The third-order valence-electron chi connectivity index (χ3n) is 2.82. The molecule has 0 radical (unpaired) electrons. The number of benzene rings is 2. The topological polar surface area (TPSA) is 67.4 Å². The molecule has 0 saturated heterocycles. The molecule has 0 aliphatic heterocycles. The SMILES string of the molecule is COc1ccc(CNc2cccc(NS(C)(=O)=O)c2)cc1. The second-order valence-electron chi connectivity index (χ2n) is 4.66. The maximum absolute atomic E-state index is 11.2. The normalized spacial score (nSPS) is 11.0. The first-order valence-electron chi connectivity index (χ1n) is 6.41. The summed E-state index contributed by atoms with van der Waals surface area (Å²) in [6.07, 6.45) is 1.13. The van der Waals surface area contributed by atoms with Gasteiger partial charge in [0, 0.05) is 12.2 Å². The van der Waals surface area contributed by atoms with Crippen LogP contribution in [0, 0.1) is 0 Å². The van der Waals surface area contributed by atoms with Gasteiger partial charge in [-0.2, -0.15) is 0 Å². The van der Waals surface area contributed by atoms with Gasteiger partial charge in [-0.25, -0.2) is 8.42 Å². The summed E-state index contributed by atoms with van der Waals surface area (Å²) in [7, 11) is -1.63. The number of rotatable bonds is 6. The Morgan fingerprint density at radius 2 is 1.71 bits per heavy atom. The largest absolute Gasteiger partial charge is 0.497 e. The van der Waals surface area contributed by atoms with Crippen molar-refractivity contribution >= 4 is 21.4 Å². The van der Waals surface area contributed by atoms with Crippen molar-refractivity contribution in [2.24, 2.45) is 0 Å². The van der Waals surface area contributed by atoms with Gasteiger partial charge in [-0.1, -0.05) is 18.2 Å². The van der Waals surface area contributed by atoms with Crippen molar-refractivity contribution in [3.05, 3.63) is 54.1 Å². The Bertz CT molecular complexity index is 697. The molecule has 2 aromatic rings. The van der Waals surface area contributed by atoms with Crippen LogP contribution in [-0.2, 0) is 16.6 Å². The summed E-state index contributed by atoms with van der Waals surface area (Å²) in [5, 5.41) is 3.25. The van der Waals surface area contributed by atoms with Crippen molar-refractivity contribution in [2.75, 3.05) is 23.4 Å². The predicted molar refractivity (Wildman–Crippen MR) is 85.2 cm³/mol. The molecule has 2 rings (SSSR count). The van der Waals surface area contributed by atoms with Crippen LogP contribution in [0.25, 0.3) is 0 Å². The van der Waals surface area contributed by atoms with E-state index in [9.17, 15) is 8.42 Å². The van der Waals surface area contributed by atoms with Gasteiger partial charge in [-0.3, -0.25) is 4.72 Å². The van der Waals surface area contributed by atoms with Crippen LogP contribution in [0.5, 0.6) is 5.75 Å². The van der Waals surface area contributed by atoms with Crippen molar-refractivity contribution in [3.8, 4) is 5.75 Å². The molecule has 0 unspecified atom stereocenters. The van der Waals surface area contributed by atoms with Gasteiger partial charge < -0.3 is 10.1 Å². The molecule has 6 heteroatoms. The van der Waals surface area contributed by atoms with Crippen molar-refractivity contribution in [2.45, 2.75) is 6.54 Å². The molecule has 0 aliphatic rings. The van der Waals surface area contributed by atoms with Crippen molar-refractivity contribution in [1.29, 1.82) is 0 Å². The van der Waals surface area contributed by atoms with E-state index < -0.39 is 10.0 Å². The van der Waals surface area contributed by atoms with Crippen molar-refractivity contribution < 1.29 is 13.2 Å². The highest BCUT2D eigenvalue weighted by molar-refractivity contribution is 7.92. The maximum Gasteiger partial charge on any atom is 0.229 e. The first kappa shape index (κ1) is 15.2. The summed E-state index contributed by atoms with van der Waals surface area (Å²) in [6, 6.07) is 14.9. The zero-order chi connectivity index (χ0) is 15.3. The van der Waals surface area contributed by atoms with Gasteiger partial charge in [0.2, 0.25) is 10.0 Å². The van der Waals surface area contributed by atoms with Crippen LogP contribution in [0.2, 0.25) is 0 Å². The number of methoxy groups -OCH3 is 1. The third kappa shape index (κ3) is 5.00. The van der Waals surface area contributed by atoms with Gasteiger partial charge in [0.05, 0.1) is 19.1 Å². The highest BCUT2D eigenvalue weighted by Gasteiger charge is 2.02. The summed E-state index contributed by atoms with van der Waals surface area (Å²) in [5.41, 5.74) is 2.49. The molecule has 0 aromatic heterocycles. The Morgan fingerprint density at radius 3 is 2.33 bits per heavy atom. The van der Waals surface area contributed by atoms with E-state index in [0.717, 1.165) is 23.3 Å². The molecule has 0 saturated carbocycles. The average molecular weight is 306 g/mol. The summed E-state index contributed by atoms with van der Waals surface area (Å²) >= 11 is 0. The van der Waals surface area contributed by atoms with Gasteiger partial charge in [0.15, 0.2) is 0 Å². The summed E-state index contributed by atoms with van der Waals surface area (Å²) in [4.78, 5) is 0. The number of anilines is 2. The number of sulfonamides is 1. The molecule has 0 heterocycles. The second-order valence-corrected chi connectivity index (χ2v) is 6.41. The lowest BCUT2D eigenvalue weighted by atomic mass is 10.2. The Morgan fingerprint density at radius 1 is 1.05 bits per heavy atom. The van der Waals surface area contributed by atoms with Crippen LogP contribution in [0.3, 0.4) is 0 Å². The van der Waals surface area contributed by atoms with Crippen molar-refractivity contribution in [1.82, 2.24) is 0 Å². The molecule has 0 amide bonds. The standard InChI is InChI=1S/C15H18N2O3S/c1-20-15-8-6-12(7-9-15)11-16-13-4-3-5-14(10-13)17-21(2,18)19/h3-10,16-17H,11H2,1-2H3. The van der Waals surface area contributed by atoms with Crippen LogP contribution >= 0.6 is 0 Å². The van der Waals surface area contributed by atoms with E-state index in [-0.39, 0.29) is 0 Å². The monoisotopic (exact) mass is 306 g/mol. The van der Waals surface area contributed by atoms with Crippen LogP contribution in [0.15, 0.2) is 48.5 Å². The fourth-order valence-corrected chi connectivity index (χ4v) is 2.41. The Kier molecular flexibility index (Phi) is 4.70. The zero-order valence-corrected chi connectivity index (χ0v) is 12.8. The van der Waals surface area contributed by atoms with Crippen LogP contribution in [-0.4, -0.2) is 21.8 Å². The lowest BCUT2D eigenvalue weighted by Gasteiger charge is -2.09. The molecule has 2 aromatic carbocycles. The number of nitrogens with one attached hydrogen (secondary N) is 2. The van der Waals surface area contributed by atoms with E-state index in [2.05, 4.69) is 10.0 Å². The molecule has 0 bridgehead atoms. The fraction of sp³-hybridized carbons (Fsp3) is 0.200. The first-order chi connectivity index (χ1) is 9.96. The van der Waals surface area contributed by atoms with E-state index in [1.165, 1.54) is 0 Å². The molecule has 5 nitrogen and oxygen atoms in total. The minimum Gasteiger partial charge on any atom is -0.497 e. The molecular weight excluding hydrogens is 288 g/mol. The van der Waals surface area contributed by atoms with Gasteiger partial charge in [0.25, 0.3) is 0 Å². The van der Waals surface area contributed by atoms with E-state index in [1.807, 2.05) is 30.3 Å². The molecular formula is C15H18N2O3S. The smallest absolute Gasteiger partial charge is 0.229 e. The molecule has 0 fully saturated rings. The Hall–Kier alpha value is -2.21. The molecule has 112 valence electrons. The van der Waals surface area contributed by atoms with E-state index in [4.69, 9.17) is 4.74 Å². The molecule has 21 heavy (non-hydrogen) atoms. The number of hydrogen-bond donors (Lipinski definition) is 2. The van der Waals surface area contributed by atoms with Crippen LogP contribution in [0.1, 0.15) is 5.56 Å². The van der Waals surface area contributed by atoms with E-state index >= 15 is 0 Å². The molecule has 0 spiro atoms. The highest BCUT2D eigenvalue weighted by Crippen LogP contribution is 2.17. The number of ether oxygens (including phenoxy) is 1. The van der Waals surface area contributed by atoms with E-state index in [1.54, 1.807) is 25.3 Å². The summed E-state index contributed by atoms with van der Waals surface area (Å²) < 4.78 is 30.0. The first-order valence-corrected chi connectivity index (χ1v) is 8.30. The lowest BCUT2D eigenvalue weighted by Crippen LogP contribution is -2.09. The van der Waals surface area contributed by atoms with Gasteiger partial charge in [-0.05, 0) is 35.9 Å². The fourth-order valence-electron chi connectivity index (χ4n) is 1.85. The quantitative estimate of drug-likeness (QED) is 0.861. The second kappa shape index (κ2) is 6.49. The van der Waals surface area contributed by atoms with E-state index in [0.29, 0.717) is 12.2 Å². The van der Waals surface area contributed by atoms with Crippen molar-refractivity contribution in [3.63, 3.8) is 0 Å². The Balaban J connectivity index is 2.01. The summed E-state index contributed by atoms with van der Waals surface area (Å²) in [5.74, 6) is 0.818. The minimum absolute atomic E-state index is 0.539. The maximum atomic E-state index is 11.2. The lowest BCUT2D eigenvalue weighted by molar-refractivity contribution is 0.414. The van der Waals surface area contributed by atoms with Crippen LogP contribution < -0.4 is 14.8 Å². The number of hydrogen-bond acceptors (Lipinski definition) is 4. The molecule has 0 atom stereocenters. The predicted octanol–water partition coefficient (Wildman–Crippen LogP) is 2.68. The third-order valence-corrected chi connectivity index (χ3v) is 3.43. The molecule has 2 N–H and O–H groups in total. The average Bonchev–Trinajstić information content (AvgIpc) is 2.44. The van der Waals surface area contributed by atoms with Gasteiger partial charge in [-0.15, -0.1) is 0 Å². The minimum atomic E-state index is -3.26. The zero-order valence-electron chi connectivity index (χ0n) is 12.0. The van der Waals surface area contributed by atoms with Gasteiger partial charge in [0.1, 0.15) is 5.75 Å². The molecule has 0 aliphatic carbocycles. The summed E-state index contributed by atoms with van der Waals surface area (Å²) in [6.45, 7) is 0.645. The Labute approximate surface area is 125 Å². The van der Waals surface area contributed by atoms with Gasteiger partial charge >= 0.3 is 0 Å². The highest BCUT2D eigenvalue weighted by atomic mass is 32.2. The van der Waals surface area contributed by atoms with Crippen LogP contribution in [0.4, 0.5) is 11.4 Å².